The molecule has 3 heterocycles. The summed E-state index contributed by atoms with van der Waals surface area (Å²) in [5.41, 5.74) is 3.58. The van der Waals surface area contributed by atoms with Crippen LogP contribution in [0.4, 0.5) is 11.4 Å². The molecule has 1 aromatic carbocycles. The summed E-state index contributed by atoms with van der Waals surface area (Å²) < 4.78 is 5.30. The maximum Gasteiger partial charge on any atom is 0.313 e. The molecule has 0 bridgehead atoms. The number of amides is 3. The fourth-order valence-corrected chi connectivity index (χ4v) is 4.08. The van der Waals surface area contributed by atoms with Crippen LogP contribution in [0.15, 0.2) is 12.1 Å². The molecule has 3 N–H and O–H groups in total. The van der Waals surface area contributed by atoms with Crippen LogP contribution < -0.4 is 20.4 Å². The molecule has 1 saturated heterocycles. The summed E-state index contributed by atoms with van der Waals surface area (Å²) in [7, 11) is 0. The fourth-order valence-electron chi connectivity index (χ4n) is 4.08. The second-order valence-corrected chi connectivity index (χ2v) is 7.29. The van der Waals surface area contributed by atoms with Gasteiger partial charge in [0.05, 0.1) is 38.4 Å². The first kappa shape index (κ1) is 17.9. The van der Waals surface area contributed by atoms with Crippen molar-refractivity contribution in [1.82, 2.24) is 5.32 Å². The molecule has 4 rings (SSSR count). The van der Waals surface area contributed by atoms with E-state index in [1.165, 1.54) is 4.90 Å². The van der Waals surface area contributed by atoms with E-state index in [2.05, 4.69) is 10.6 Å². The number of rotatable bonds is 4. The third kappa shape index (κ3) is 3.81. The lowest BCUT2D eigenvalue weighted by Crippen LogP contribution is -3.14. The Morgan fingerprint density at radius 3 is 2.74 bits per heavy atom. The number of ether oxygens (including phenoxy) is 1. The lowest BCUT2D eigenvalue weighted by molar-refractivity contribution is -0.906. The maximum atomic E-state index is 12.2. The lowest BCUT2D eigenvalue weighted by atomic mass is 9.99. The Balaban J connectivity index is 1.33. The second kappa shape index (κ2) is 7.66. The highest BCUT2D eigenvalue weighted by Gasteiger charge is 2.32. The number of hydrogen-bond donors (Lipinski definition) is 3. The number of hydrogen-bond acceptors (Lipinski definition) is 4. The number of quaternary nitrogens is 1. The largest absolute Gasteiger partial charge is 0.370 e. The summed E-state index contributed by atoms with van der Waals surface area (Å²) in [6.45, 7) is 5.34. The van der Waals surface area contributed by atoms with Crippen LogP contribution >= 0.6 is 0 Å². The Hall–Kier alpha value is -2.45. The van der Waals surface area contributed by atoms with Crippen LogP contribution in [0.3, 0.4) is 0 Å². The topological polar surface area (TPSA) is 92.2 Å². The first-order valence-corrected chi connectivity index (χ1v) is 9.58. The van der Waals surface area contributed by atoms with Crippen molar-refractivity contribution in [3.63, 3.8) is 0 Å². The first-order chi connectivity index (χ1) is 13.1. The van der Waals surface area contributed by atoms with Crippen molar-refractivity contribution >= 4 is 29.1 Å². The molecule has 1 fully saturated rings. The van der Waals surface area contributed by atoms with Crippen LogP contribution in [0.1, 0.15) is 17.5 Å². The van der Waals surface area contributed by atoms with Crippen molar-refractivity contribution in [3.8, 4) is 0 Å². The Bertz CT molecular complexity index is 773. The Labute approximate surface area is 157 Å². The summed E-state index contributed by atoms with van der Waals surface area (Å²) in [4.78, 5) is 39.6. The van der Waals surface area contributed by atoms with Gasteiger partial charge in [0.2, 0.25) is 5.91 Å². The van der Waals surface area contributed by atoms with Crippen LogP contribution in [0.2, 0.25) is 0 Å². The highest BCUT2D eigenvalue weighted by Crippen LogP contribution is 2.38. The van der Waals surface area contributed by atoms with E-state index in [9.17, 15) is 14.4 Å². The zero-order chi connectivity index (χ0) is 18.8. The average Bonchev–Trinajstić information content (AvgIpc) is 2.99. The van der Waals surface area contributed by atoms with Gasteiger partial charge in [0.15, 0.2) is 0 Å². The van der Waals surface area contributed by atoms with Gasteiger partial charge in [-0.1, -0.05) is 0 Å². The minimum absolute atomic E-state index is 0.109. The molecule has 0 aromatic heterocycles. The monoisotopic (exact) mass is 373 g/mol. The van der Waals surface area contributed by atoms with E-state index in [0.717, 1.165) is 69.0 Å². The molecular formula is C19H25N4O4+. The molecule has 3 amide bonds. The van der Waals surface area contributed by atoms with Gasteiger partial charge in [-0.25, -0.2) is 0 Å². The van der Waals surface area contributed by atoms with Gasteiger partial charge in [-0.2, -0.15) is 0 Å². The molecule has 8 heteroatoms. The van der Waals surface area contributed by atoms with Crippen molar-refractivity contribution in [2.45, 2.75) is 19.3 Å². The predicted molar refractivity (Wildman–Crippen MR) is 98.8 cm³/mol. The normalized spacial score (nSPS) is 19.0. The Morgan fingerprint density at radius 1 is 1.15 bits per heavy atom. The van der Waals surface area contributed by atoms with Crippen molar-refractivity contribution in [1.29, 1.82) is 0 Å². The Morgan fingerprint density at radius 2 is 1.93 bits per heavy atom. The number of aryl methyl sites for hydroxylation is 1. The van der Waals surface area contributed by atoms with E-state index in [4.69, 9.17) is 4.74 Å². The first-order valence-electron chi connectivity index (χ1n) is 9.58. The summed E-state index contributed by atoms with van der Waals surface area (Å²) in [6.07, 6.45) is 2.16. The SMILES string of the molecule is O=C(NCC[NH+]1CCOCC1)C(=O)Nc1cc2c3c(c1)CC(=O)N3CCC2. The van der Waals surface area contributed by atoms with E-state index >= 15 is 0 Å². The van der Waals surface area contributed by atoms with Crippen molar-refractivity contribution < 1.29 is 24.0 Å². The molecule has 3 aliphatic heterocycles. The third-order valence-corrected chi connectivity index (χ3v) is 5.44. The minimum Gasteiger partial charge on any atom is -0.370 e. The summed E-state index contributed by atoms with van der Waals surface area (Å²) >= 11 is 0. The average molecular weight is 373 g/mol. The van der Waals surface area contributed by atoms with Crippen molar-refractivity contribution in [3.05, 3.63) is 23.3 Å². The van der Waals surface area contributed by atoms with E-state index in [1.807, 2.05) is 17.0 Å². The second-order valence-electron chi connectivity index (χ2n) is 7.29. The standard InChI is InChI=1S/C19H24N4O4/c24-16-12-14-11-15(10-13-2-1-4-23(16)17(13)14)21-19(26)18(25)20-3-5-22-6-8-27-9-7-22/h10-11H,1-9,12H2,(H,20,25)(H,21,26)/p+1. The van der Waals surface area contributed by atoms with Crippen LogP contribution in [0.5, 0.6) is 0 Å². The zero-order valence-corrected chi connectivity index (χ0v) is 15.3. The van der Waals surface area contributed by atoms with E-state index in [1.54, 1.807) is 0 Å². The Kier molecular flexibility index (Phi) is 5.09. The smallest absolute Gasteiger partial charge is 0.313 e. The van der Waals surface area contributed by atoms with Gasteiger partial charge in [0.25, 0.3) is 0 Å². The molecule has 0 radical (unpaired) electrons. The van der Waals surface area contributed by atoms with Gasteiger partial charge in [-0.05, 0) is 36.1 Å². The molecule has 8 nitrogen and oxygen atoms in total. The van der Waals surface area contributed by atoms with Gasteiger partial charge >= 0.3 is 11.8 Å². The van der Waals surface area contributed by atoms with Crippen molar-refractivity contribution in [2.75, 3.05) is 56.2 Å². The van der Waals surface area contributed by atoms with Gasteiger partial charge in [-0.3, -0.25) is 14.4 Å². The molecule has 3 aliphatic rings. The number of nitrogens with zero attached hydrogens (tertiary/aromatic N) is 1. The molecule has 0 unspecified atom stereocenters. The lowest BCUT2D eigenvalue weighted by Gasteiger charge is -2.26. The zero-order valence-electron chi connectivity index (χ0n) is 15.3. The van der Waals surface area contributed by atoms with E-state index in [-0.39, 0.29) is 5.91 Å². The van der Waals surface area contributed by atoms with Crippen molar-refractivity contribution in [2.24, 2.45) is 0 Å². The molecule has 0 atom stereocenters. The quantitative estimate of drug-likeness (QED) is 0.560. The van der Waals surface area contributed by atoms with Crippen LogP contribution in [0.25, 0.3) is 0 Å². The number of morpholine rings is 1. The predicted octanol–water partition coefficient (Wildman–Crippen LogP) is -1.51. The van der Waals surface area contributed by atoms with Gasteiger partial charge in [-0.15, -0.1) is 0 Å². The summed E-state index contributed by atoms with van der Waals surface area (Å²) in [5.74, 6) is -1.19. The molecule has 1 aromatic rings. The van der Waals surface area contributed by atoms with E-state index in [0.29, 0.717) is 18.7 Å². The minimum atomic E-state index is -0.670. The molecule has 144 valence electrons. The van der Waals surface area contributed by atoms with Gasteiger partial charge in [0, 0.05) is 12.2 Å². The van der Waals surface area contributed by atoms with E-state index < -0.39 is 11.8 Å². The number of nitrogens with one attached hydrogen (secondary N) is 3. The molecule has 0 aliphatic carbocycles. The molecule has 27 heavy (non-hydrogen) atoms. The molecule has 0 saturated carbocycles. The van der Waals surface area contributed by atoms with Crippen LogP contribution in [-0.4, -0.2) is 63.7 Å². The third-order valence-electron chi connectivity index (χ3n) is 5.44. The van der Waals surface area contributed by atoms with Gasteiger partial charge in [0.1, 0.15) is 13.1 Å². The number of carbonyl (C=O) groups is 3. The fraction of sp³-hybridized carbons (Fsp3) is 0.526. The van der Waals surface area contributed by atoms with Crippen LogP contribution in [0, 0.1) is 0 Å². The molecule has 0 spiro atoms. The van der Waals surface area contributed by atoms with Crippen LogP contribution in [-0.2, 0) is 32.0 Å². The number of carbonyl (C=O) groups excluding carboxylic acids is 3. The highest BCUT2D eigenvalue weighted by molar-refractivity contribution is 6.39. The number of benzene rings is 1. The summed E-state index contributed by atoms with van der Waals surface area (Å²) in [6, 6.07) is 3.69. The highest BCUT2D eigenvalue weighted by atomic mass is 16.5. The molecular weight excluding hydrogens is 348 g/mol. The van der Waals surface area contributed by atoms with Gasteiger partial charge < -0.3 is 25.2 Å². The number of anilines is 2. The summed E-state index contributed by atoms with van der Waals surface area (Å²) in [5, 5.41) is 5.36. The maximum absolute atomic E-state index is 12.2.